The van der Waals surface area contributed by atoms with Crippen LogP contribution in [0.5, 0.6) is 11.5 Å². The summed E-state index contributed by atoms with van der Waals surface area (Å²) < 4.78 is 25.8. The van der Waals surface area contributed by atoms with Crippen molar-refractivity contribution in [3.8, 4) is 17.2 Å². The summed E-state index contributed by atoms with van der Waals surface area (Å²) in [4.78, 5) is 12.6. The Balaban J connectivity index is 1.77. The lowest BCUT2D eigenvalue weighted by atomic mass is 10.1. The van der Waals surface area contributed by atoms with Crippen molar-refractivity contribution in [1.82, 2.24) is 4.57 Å². The molecule has 5 heteroatoms. The molecule has 0 atom stereocenters. The van der Waals surface area contributed by atoms with Crippen LogP contribution in [0.25, 0.3) is 5.69 Å². The number of nitrogens with zero attached hydrogens (tertiary/aromatic N) is 1. The Kier molecular flexibility index (Phi) is 5.07. The Morgan fingerprint density at radius 1 is 1.00 bits per heavy atom. The van der Waals surface area contributed by atoms with Gasteiger partial charge >= 0.3 is 0 Å². The fraction of sp³-hybridized carbons (Fsp3) is 0.190. The molecule has 0 aliphatic heterocycles. The monoisotopic (exact) mass is 353 g/mol. The third-order valence-electron chi connectivity index (χ3n) is 4.25. The number of aryl methyl sites for hydroxylation is 1. The van der Waals surface area contributed by atoms with Gasteiger partial charge in [-0.2, -0.15) is 0 Å². The van der Waals surface area contributed by atoms with Gasteiger partial charge in [0.1, 0.15) is 17.3 Å². The number of hydrogen-bond donors (Lipinski definition) is 0. The molecule has 134 valence electrons. The summed E-state index contributed by atoms with van der Waals surface area (Å²) >= 11 is 0. The number of hydrogen-bond acceptors (Lipinski definition) is 3. The molecule has 0 radical (unpaired) electrons. The summed E-state index contributed by atoms with van der Waals surface area (Å²) in [6.45, 7) is 3.73. The molecule has 0 saturated heterocycles. The average molecular weight is 353 g/mol. The van der Waals surface area contributed by atoms with Gasteiger partial charge in [-0.25, -0.2) is 4.39 Å². The van der Waals surface area contributed by atoms with Crippen molar-refractivity contribution in [3.63, 3.8) is 0 Å². The molecule has 0 aliphatic carbocycles. The van der Waals surface area contributed by atoms with Gasteiger partial charge < -0.3 is 14.0 Å². The molecule has 0 N–H and O–H groups in total. The lowest BCUT2D eigenvalue weighted by Crippen LogP contribution is -2.12. The highest BCUT2D eigenvalue weighted by Crippen LogP contribution is 2.22. The molecule has 0 fully saturated rings. The highest BCUT2D eigenvalue weighted by Gasteiger charge is 2.17. The Morgan fingerprint density at radius 2 is 1.62 bits per heavy atom. The summed E-state index contributed by atoms with van der Waals surface area (Å²) in [6, 6.07) is 15.1. The minimum absolute atomic E-state index is 0.0555. The first kappa shape index (κ1) is 17.7. The molecule has 3 rings (SSSR count). The predicted octanol–water partition coefficient (Wildman–Crippen LogP) is 4.50. The quantitative estimate of drug-likeness (QED) is 0.613. The van der Waals surface area contributed by atoms with Crippen LogP contribution < -0.4 is 9.47 Å². The highest BCUT2D eigenvalue weighted by molar-refractivity contribution is 5.98. The maximum Gasteiger partial charge on any atom is 0.202 e. The summed E-state index contributed by atoms with van der Waals surface area (Å²) in [5.74, 6) is 0.931. The second kappa shape index (κ2) is 7.44. The van der Waals surface area contributed by atoms with E-state index >= 15 is 0 Å². The van der Waals surface area contributed by atoms with E-state index in [4.69, 9.17) is 9.47 Å². The second-order valence-electron chi connectivity index (χ2n) is 5.98. The van der Waals surface area contributed by atoms with Crippen molar-refractivity contribution in [2.24, 2.45) is 0 Å². The maximum atomic E-state index is 13.2. The maximum absolute atomic E-state index is 13.2. The first-order valence-corrected chi connectivity index (χ1v) is 8.24. The van der Waals surface area contributed by atoms with E-state index in [1.54, 1.807) is 43.5 Å². The Bertz CT molecular complexity index is 912. The molecule has 0 amide bonds. The van der Waals surface area contributed by atoms with Gasteiger partial charge in [0.25, 0.3) is 0 Å². The van der Waals surface area contributed by atoms with Crippen molar-refractivity contribution in [1.29, 1.82) is 0 Å². The SMILES string of the molecule is COc1ccc(OCC(=O)c2cc(C)n(-c3ccc(F)cc3)c2C)cc1. The molecular formula is C21H20FNO3. The van der Waals surface area contributed by atoms with Gasteiger partial charge in [0.15, 0.2) is 6.61 Å². The number of halogens is 1. The van der Waals surface area contributed by atoms with Crippen molar-refractivity contribution >= 4 is 5.78 Å². The number of ether oxygens (including phenoxy) is 2. The smallest absolute Gasteiger partial charge is 0.202 e. The van der Waals surface area contributed by atoms with Gasteiger partial charge in [0.05, 0.1) is 7.11 Å². The second-order valence-corrected chi connectivity index (χ2v) is 5.98. The van der Waals surface area contributed by atoms with Gasteiger partial charge in [-0.15, -0.1) is 0 Å². The molecule has 0 unspecified atom stereocenters. The molecule has 1 heterocycles. The zero-order valence-electron chi connectivity index (χ0n) is 15.0. The number of methoxy groups -OCH3 is 1. The largest absolute Gasteiger partial charge is 0.497 e. The first-order valence-electron chi connectivity index (χ1n) is 8.24. The van der Waals surface area contributed by atoms with Gasteiger partial charge in [-0.05, 0) is 68.4 Å². The van der Waals surface area contributed by atoms with Gasteiger partial charge in [0, 0.05) is 22.6 Å². The number of benzene rings is 2. The van der Waals surface area contributed by atoms with E-state index < -0.39 is 0 Å². The third-order valence-corrected chi connectivity index (χ3v) is 4.25. The predicted molar refractivity (Wildman–Crippen MR) is 98.0 cm³/mol. The topological polar surface area (TPSA) is 40.5 Å². The van der Waals surface area contributed by atoms with Crippen molar-refractivity contribution in [3.05, 3.63) is 77.4 Å². The zero-order chi connectivity index (χ0) is 18.7. The van der Waals surface area contributed by atoms with E-state index in [0.717, 1.165) is 22.8 Å². The molecule has 2 aromatic carbocycles. The van der Waals surface area contributed by atoms with Crippen LogP contribution in [0, 0.1) is 19.7 Å². The third kappa shape index (κ3) is 3.61. The van der Waals surface area contributed by atoms with Crippen LogP contribution in [0.2, 0.25) is 0 Å². The van der Waals surface area contributed by atoms with E-state index in [-0.39, 0.29) is 18.2 Å². The van der Waals surface area contributed by atoms with Gasteiger partial charge in [-0.3, -0.25) is 4.79 Å². The molecule has 0 aliphatic rings. The molecular weight excluding hydrogens is 333 g/mol. The summed E-state index contributed by atoms with van der Waals surface area (Å²) in [5, 5.41) is 0. The molecule has 1 aromatic heterocycles. The lowest BCUT2D eigenvalue weighted by molar-refractivity contribution is 0.0921. The van der Waals surface area contributed by atoms with E-state index in [1.165, 1.54) is 12.1 Å². The summed E-state index contributed by atoms with van der Waals surface area (Å²) in [6.07, 6.45) is 0. The number of rotatable bonds is 6. The van der Waals surface area contributed by atoms with Crippen LogP contribution in [-0.4, -0.2) is 24.1 Å². The van der Waals surface area contributed by atoms with Crippen LogP contribution in [0.1, 0.15) is 21.7 Å². The number of aromatic nitrogens is 1. The van der Waals surface area contributed by atoms with Crippen LogP contribution in [0.4, 0.5) is 4.39 Å². The van der Waals surface area contributed by atoms with E-state index in [1.807, 2.05) is 24.5 Å². The van der Waals surface area contributed by atoms with Crippen molar-refractivity contribution < 1.29 is 18.7 Å². The van der Waals surface area contributed by atoms with E-state index in [2.05, 4.69) is 0 Å². The highest BCUT2D eigenvalue weighted by atomic mass is 19.1. The minimum atomic E-state index is -0.291. The Morgan fingerprint density at radius 3 is 2.23 bits per heavy atom. The van der Waals surface area contributed by atoms with Crippen LogP contribution in [-0.2, 0) is 0 Å². The van der Waals surface area contributed by atoms with E-state index in [9.17, 15) is 9.18 Å². The summed E-state index contributed by atoms with van der Waals surface area (Å²) in [7, 11) is 1.59. The minimum Gasteiger partial charge on any atom is -0.497 e. The van der Waals surface area contributed by atoms with Crippen molar-refractivity contribution in [2.45, 2.75) is 13.8 Å². The normalized spacial score (nSPS) is 10.6. The molecule has 0 saturated carbocycles. The van der Waals surface area contributed by atoms with Gasteiger partial charge in [-0.1, -0.05) is 0 Å². The molecule has 0 bridgehead atoms. The first-order chi connectivity index (χ1) is 12.5. The van der Waals surface area contributed by atoms with Crippen molar-refractivity contribution in [2.75, 3.05) is 13.7 Å². The number of carbonyl (C=O) groups excluding carboxylic acids is 1. The Hall–Kier alpha value is -3.08. The molecule has 4 nitrogen and oxygen atoms in total. The zero-order valence-corrected chi connectivity index (χ0v) is 15.0. The van der Waals surface area contributed by atoms with Gasteiger partial charge in [0.2, 0.25) is 5.78 Å². The average Bonchev–Trinajstić information content (AvgIpc) is 2.95. The van der Waals surface area contributed by atoms with E-state index in [0.29, 0.717) is 11.3 Å². The Labute approximate surface area is 151 Å². The number of ketones is 1. The molecule has 0 spiro atoms. The fourth-order valence-corrected chi connectivity index (χ4v) is 2.93. The van der Waals surface area contributed by atoms with Crippen LogP contribution in [0.3, 0.4) is 0 Å². The molecule has 26 heavy (non-hydrogen) atoms. The lowest BCUT2D eigenvalue weighted by Gasteiger charge is -2.10. The van der Waals surface area contributed by atoms with Crippen LogP contribution in [0.15, 0.2) is 54.6 Å². The molecule has 3 aromatic rings. The van der Waals surface area contributed by atoms with Crippen LogP contribution >= 0.6 is 0 Å². The standard InChI is InChI=1S/C21H20FNO3/c1-14-12-20(15(2)23(14)17-6-4-16(22)5-7-17)21(24)13-26-19-10-8-18(25-3)9-11-19/h4-12H,13H2,1-3H3. The number of Topliss-reactive ketones (excluding diaryl/α,β-unsaturated/α-hetero) is 1. The number of carbonyl (C=O) groups is 1. The summed E-state index contributed by atoms with van der Waals surface area (Å²) in [5.41, 5.74) is 3.12. The fourth-order valence-electron chi connectivity index (χ4n) is 2.93.